The highest BCUT2D eigenvalue weighted by atomic mass is 32.2. The van der Waals surface area contributed by atoms with E-state index in [0.29, 0.717) is 18.3 Å². The number of rotatable bonds is 6. The average molecular weight is 340 g/mol. The Bertz CT molecular complexity index is 673. The molecule has 1 fully saturated rings. The SMILES string of the molecule is CCN1CCC[C@@H]1CNC(=O)c1cc(S(C)(=O)=O)ccc1OC. The van der Waals surface area contributed by atoms with Crippen LogP contribution in [0.1, 0.15) is 30.1 Å². The molecule has 1 saturated heterocycles. The zero-order valence-electron chi connectivity index (χ0n) is 13.8. The molecule has 6 nitrogen and oxygen atoms in total. The fourth-order valence-corrected chi connectivity index (χ4v) is 3.59. The topological polar surface area (TPSA) is 75.7 Å². The van der Waals surface area contributed by atoms with Crippen molar-refractivity contribution in [2.24, 2.45) is 0 Å². The van der Waals surface area contributed by atoms with Gasteiger partial charge in [0.1, 0.15) is 5.75 Å². The van der Waals surface area contributed by atoms with Gasteiger partial charge in [0.2, 0.25) is 0 Å². The molecule has 1 amide bonds. The highest BCUT2D eigenvalue weighted by Crippen LogP contribution is 2.23. The Kier molecular flexibility index (Phi) is 5.64. The lowest BCUT2D eigenvalue weighted by Crippen LogP contribution is -2.40. The Morgan fingerprint density at radius 2 is 2.17 bits per heavy atom. The molecule has 1 atom stereocenters. The number of amides is 1. The third-order valence-electron chi connectivity index (χ3n) is 4.25. The van der Waals surface area contributed by atoms with Gasteiger partial charge in [-0.2, -0.15) is 0 Å². The number of carbonyl (C=O) groups excluding carboxylic acids is 1. The van der Waals surface area contributed by atoms with Gasteiger partial charge in [-0.25, -0.2) is 8.42 Å². The van der Waals surface area contributed by atoms with Gasteiger partial charge in [0.05, 0.1) is 17.6 Å². The van der Waals surface area contributed by atoms with E-state index < -0.39 is 9.84 Å². The lowest BCUT2D eigenvalue weighted by Gasteiger charge is -2.23. The van der Waals surface area contributed by atoms with Crippen molar-refractivity contribution < 1.29 is 17.9 Å². The van der Waals surface area contributed by atoms with E-state index in [9.17, 15) is 13.2 Å². The van der Waals surface area contributed by atoms with E-state index in [1.807, 2.05) is 0 Å². The monoisotopic (exact) mass is 340 g/mol. The highest BCUT2D eigenvalue weighted by molar-refractivity contribution is 7.90. The molecule has 7 heteroatoms. The molecule has 1 heterocycles. The molecule has 0 aliphatic carbocycles. The van der Waals surface area contributed by atoms with Crippen LogP contribution >= 0.6 is 0 Å². The molecule has 0 bridgehead atoms. The van der Waals surface area contributed by atoms with Gasteiger partial charge in [-0.05, 0) is 44.1 Å². The van der Waals surface area contributed by atoms with E-state index >= 15 is 0 Å². The third kappa shape index (κ3) is 4.23. The summed E-state index contributed by atoms with van der Waals surface area (Å²) in [5, 5.41) is 2.90. The van der Waals surface area contributed by atoms with Crippen LogP contribution in [0.25, 0.3) is 0 Å². The van der Waals surface area contributed by atoms with Crippen molar-refractivity contribution in [2.45, 2.75) is 30.7 Å². The summed E-state index contributed by atoms with van der Waals surface area (Å²) in [7, 11) is -1.91. The number of nitrogens with one attached hydrogen (secondary N) is 1. The van der Waals surface area contributed by atoms with Crippen LogP contribution in [0.5, 0.6) is 5.75 Å². The molecule has 0 unspecified atom stereocenters. The van der Waals surface area contributed by atoms with Crippen molar-refractivity contribution in [2.75, 3.05) is 33.0 Å². The summed E-state index contributed by atoms with van der Waals surface area (Å²) in [6.45, 7) is 4.69. The van der Waals surface area contributed by atoms with Crippen LogP contribution in [0.15, 0.2) is 23.1 Å². The number of hydrogen-bond donors (Lipinski definition) is 1. The zero-order chi connectivity index (χ0) is 17.0. The first kappa shape index (κ1) is 17.7. The minimum absolute atomic E-state index is 0.111. The molecule has 0 saturated carbocycles. The Hall–Kier alpha value is -1.60. The van der Waals surface area contributed by atoms with Gasteiger partial charge in [0, 0.05) is 18.8 Å². The van der Waals surface area contributed by atoms with Crippen LogP contribution in [0.2, 0.25) is 0 Å². The third-order valence-corrected chi connectivity index (χ3v) is 5.36. The van der Waals surface area contributed by atoms with Gasteiger partial charge in [-0.3, -0.25) is 9.69 Å². The molecule has 0 aromatic heterocycles. The second-order valence-corrected chi connectivity index (χ2v) is 7.78. The van der Waals surface area contributed by atoms with Gasteiger partial charge in [-0.1, -0.05) is 6.92 Å². The number of nitrogens with zero attached hydrogens (tertiary/aromatic N) is 1. The molecule has 1 N–H and O–H groups in total. The van der Waals surface area contributed by atoms with E-state index in [1.54, 1.807) is 0 Å². The quantitative estimate of drug-likeness (QED) is 0.845. The predicted octanol–water partition coefficient (Wildman–Crippen LogP) is 1.31. The maximum Gasteiger partial charge on any atom is 0.255 e. The lowest BCUT2D eigenvalue weighted by molar-refractivity contribution is 0.0938. The number of likely N-dealkylation sites (tertiary alicyclic amines) is 1. The van der Waals surface area contributed by atoms with Crippen LogP contribution in [-0.4, -0.2) is 58.3 Å². The maximum atomic E-state index is 12.5. The Morgan fingerprint density at radius 3 is 2.78 bits per heavy atom. The van der Waals surface area contributed by atoms with Crippen molar-refractivity contribution in [1.82, 2.24) is 10.2 Å². The molecule has 1 aliphatic rings. The number of sulfone groups is 1. The first-order valence-corrected chi connectivity index (χ1v) is 9.66. The Morgan fingerprint density at radius 1 is 1.43 bits per heavy atom. The van der Waals surface area contributed by atoms with Gasteiger partial charge < -0.3 is 10.1 Å². The van der Waals surface area contributed by atoms with Crippen LogP contribution in [0.3, 0.4) is 0 Å². The van der Waals surface area contributed by atoms with Crippen molar-refractivity contribution >= 4 is 15.7 Å². The average Bonchev–Trinajstić information content (AvgIpc) is 2.98. The molecule has 1 aliphatic heterocycles. The van der Waals surface area contributed by atoms with Crippen LogP contribution < -0.4 is 10.1 Å². The Labute approximate surface area is 137 Å². The summed E-state index contributed by atoms with van der Waals surface area (Å²) in [5.41, 5.74) is 0.247. The molecule has 128 valence electrons. The summed E-state index contributed by atoms with van der Waals surface area (Å²) in [4.78, 5) is 14.9. The summed E-state index contributed by atoms with van der Waals surface area (Å²) >= 11 is 0. The first-order chi connectivity index (χ1) is 10.9. The molecule has 1 aromatic carbocycles. The second kappa shape index (κ2) is 7.31. The van der Waals surface area contributed by atoms with E-state index in [-0.39, 0.29) is 16.4 Å². The fraction of sp³-hybridized carbons (Fsp3) is 0.562. The predicted molar refractivity (Wildman–Crippen MR) is 88.7 cm³/mol. The van der Waals surface area contributed by atoms with Gasteiger partial charge in [-0.15, -0.1) is 0 Å². The number of benzene rings is 1. The van der Waals surface area contributed by atoms with E-state index in [1.165, 1.54) is 25.3 Å². The number of methoxy groups -OCH3 is 1. The van der Waals surface area contributed by atoms with Crippen LogP contribution in [0.4, 0.5) is 0 Å². The van der Waals surface area contributed by atoms with Crippen molar-refractivity contribution in [3.05, 3.63) is 23.8 Å². The van der Waals surface area contributed by atoms with E-state index in [0.717, 1.165) is 32.2 Å². The van der Waals surface area contributed by atoms with Crippen LogP contribution in [-0.2, 0) is 9.84 Å². The molecule has 1 aromatic rings. The van der Waals surface area contributed by atoms with Crippen molar-refractivity contribution in [1.29, 1.82) is 0 Å². The molecular weight excluding hydrogens is 316 g/mol. The standard InChI is InChI=1S/C16H24N2O4S/c1-4-18-9-5-6-12(18)11-17-16(19)14-10-13(23(3,20)21)7-8-15(14)22-2/h7-8,10,12H,4-6,9,11H2,1-3H3,(H,17,19)/t12-/m1/s1. The van der Waals surface area contributed by atoms with Crippen LogP contribution in [0, 0.1) is 0 Å². The molecule has 23 heavy (non-hydrogen) atoms. The largest absolute Gasteiger partial charge is 0.496 e. The Balaban J connectivity index is 2.14. The summed E-state index contributed by atoms with van der Waals surface area (Å²) in [6.07, 6.45) is 3.32. The van der Waals surface area contributed by atoms with Crippen molar-refractivity contribution in [3.8, 4) is 5.75 Å². The number of likely N-dealkylation sites (N-methyl/N-ethyl adjacent to an activating group) is 1. The minimum Gasteiger partial charge on any atom is -0.496 e. The molecular formula is C16H24N2O4S. The number of ether oxygens (including phenoxy) is 1. The zero-order valence-corrected chi connectivity index (χ0v) is 14.6. The van der Waals surface area contributed by atoms with Gasteiger partial charge in [0.15, 0.2) is 9.84 Å². The summed E-state index contributed by atoms with van der Waals surface area (Å²) < 4.78 is 28.5. The number of hydrogen-bond acceptors (Lipinski definition) is 5. The lowest BCUT2D eigenvalue weighted by atomic mass is 10.1. The normalized spacial score (nSPS) is 18.8. The highest BCUT2D eigenvalue weighted by Gasteiger charge is 2.24. The van der Waals surface area contributed by atoms with Gasteiger partial charge in [0.25, 0.3) is 5.91 Å². The smallest absolute Gasteiger partial charge is 0.255 e. The summed E-state index contributed by atoms with van der Waals surface area (Å²) in [6, 6.07) is 4.67. The maximum absolute atomic E-state index is 12.5. The van der Waals surface area contributed by atoms with Gasteiger partial charge >= 0.3 is 0 Å². The van der Waals surface area contributed by atoms with E-state index in [4.69, 9.17) is 4.74 Å². The van der Waals surface area contributed by atoms with E-state index in [2.05, 4.69) is 17.1 Å². The molecule has 0 spiro atoms. The minimum atomic E-state index is -3.37. The first-order valence-electron chi connectivity index (χ1n) is 7.77. The fourth-order valence-electron chi connectivity index (χ4n) is 2.94. The molecule has 0 radical (unpaired) electrons. The number of carbonyl (C=O) groups is 1. The second-order valence-electron chi connectivity index (χ2n) is 5.77. The summed E-state index contributed by atoms with van der Waals surface area (Å²) in [5.74, 6) is 0.0592. The van der Waals surface area contributed by atoms with Crippen molar-refractivity contribution in [3.63, 3.8) is 0 Å². The molecule has 2 rings (SSSR count).